The summed E-state index contributed by atoms with van der Waals surface area (Å²) in [5.41, 5.74) is 3.14. The summed E-state index contributed by atoms with van der Waals surface area (Å²) in [6.45, 7) is 2.07. The molecule has 1 heterocycles. The molecule has 0 radical (unpaired) electrons. The molecule has 3 aromatic rings. The van der Waals surface area contributed by atoms with Crippen LogP contribution in [0.5, 0.6) is 5.75 Å². The summed E-state index contributed by atoms with van der Waals surface area (Å²) >= 11 is 7.54. The van der Waals surface area contributed by atoms with Gasteiger partial charge in [0, 0.05) is 5.56 Å². The summed E-state index contributed by atoms with van der Waals surface area (Å²) in [5, 5.41) is 10.7. The van der Waals surface area contributed by atoms with Crippen molar-refractivity contribution in [2.75, 3.05) is 0 Å². The fourth-order valence-electron chi connectivity index (χ4n) is 1.80. The van der Waals surface area contributed by atoms with E-state index in [1.165, 1.54) is 5.56 Å². The molecule has 0 bridgehead atoms. The van der Waals surface area contributed by atoms with Gasteiger partial charge in [0.15, 0.2) is 0 Å². The number of hydrogen-bond acceptors (Lipinski definition) is 3. The van der Waals surface area contributed by atoms with E-state index < -0.39 is 0 Å². The van der Waals surface area contributed by atoms with E-state index >= 15 is 0 Å². The van der Waals surface area contributed by atoms with Crippen LogP contribution in [0, 0.1) is 6.92 Å². The van der Waals surface area contributed by atoms with Gasteiger partial charge in [0.25, 0.3) is 0 Å². The summed E-state index contributed by atoms with van der Waals surface area (Å²) in [6.07, 6.45) is 0. The highest BCUT2D eigenvalue weighted by Crippen LogP contribution is 2.34. The maximum absolute atomic E-state index is 9.42. The van der Waals surface area contributed by atoms with Gasteiger partial charge in [-0.05, 0) is 42.8 Å². The van der Waals surface area contributed by atoms with Crippen LogP contribution in [0.2, 0.25) is 5.02 Å². The molecule has 0 unspecified atom stereocenters. The molecule has 1 N–H and O–H groups in total. The van der Waals surface area contributed by atoms with Gasteiger partial charge in [-0.3, -0.25) is 0 Å². The van der Waals surface area contributed by atoms with E-state index in [4.69, 9.17) is 11.6 Å². The molecular formula is C14H10ClNOS. The van der Waals surface area contributed by atoms with Crippen molar-refractivity contribution in [1.29, 1.82) is 0 Å². The molecular weight excluding hydrogens is 266 g/mol. The normalized spacial score (nSPS) is 11.0. The van der Waals surface area contributed by atoms with Crippen molar-refractivity contribution in [3.05, 3.63) is 47.0 Å². The SMILES string of the molecule is Cc1ccc2nc(-c3ccc(O)c(Cl)c3)sc2c1. The number of rotatable bonds is 1. The zero-order valence-electron chi connectivity index (χ0n) is 9.64. The number of phenolic OH excluding ortho intramolecular Hbond substituents is 1. The molecule has 4 heteroatoms. The predicted octanol–water partition coefficient (Wildman–Crippen LogP) is 4.63. The maximum atomic E-state index is 9.42. The van der Waals surface area contributed by atoms with Gasteiger partial charge in [-0.25, -0.2) is 4.98 Å². The summed E-state index contributed by atoms with van der Waals surface area (Å²) in [7, 11) is 0. The van der Waals surface area contributed by atoms with E-state index in [2.05, 4.69) is 24.0 Å². The number of halogens is 1. The van der Waals surface area contributed by atoms with E-state index in [9.17, 15) is 5.11 Å². The Balaban J connectivity index is 2.16. The van der Waals surface area contributed by atoms with Gasteiger partial charge in [0.2, 0.25) is 0 Å². The third-order valence-electron chi connectivity index (χ3n) is 2.74. The minimum Gasteiger partial charge on any atom is -0.506 e. The number of fused-ring (bicyclic) bond motifs is 1. The molecule has 0 aliphatic carbocycles. The second-order valence-electron chi connectivity index (χ2n) is 4.16. The second kappa shape index (κ2) is 4.26. The van der Waals surface area contributed by atoms with Crippen molar-refractivity contribution >= 4 is 33.2 Å². The molecule has 0 aliphatic heterocycles. The predicted molar refractivity (Wildman–Crippen MR) is 76.5 cm³/mol. The Morgan fingerprint density at radius 3 is 2.78 bits per heavy atom. The molecule has 2 aromatic carbocycles. The Bertz CT molecular complexity index is 736. The maximum Gasteiger partial charge on any atom is 0.134 e. The Kier molecular flexibility index (Phi) is 2.73. The lowest BCUT2D eigenvalue weighted by molar-refractivity contribution is 0.475. The Morgan fingerprint density at radius 2 is 2.00 bits per heavy atom. The fourth-order valence-corrected chi connectivity index (χ4v) is 3.04. The minimum absolute atomic E-state index is 0.0948. The molecule has 1 aromatic heterocycles. The summed E-state index contributed by atoms with van der Waals surface area (Å²) < 4.78 is 1.16. The largest absolute Gasteiger partial charge is 0.506 e. The Morgan fingerprint density at radius 1 is 1.17 bits per heavy atom. The third-order valence-corrected chi connectivity index (χ3v) is 4.11. The Hall–Kier alpha value is -1.58. The first-order valence-corrected chi connectivity index (χ1v) is 6.69. The molecule has 0 atom stereocenters. The third kappa shape index (κ3) is 1.96. The van der Waals surface area contributed by atoms with Crippen molar-refractivity contribution in [3.8, 4) is 16.3 Å². The van der Waals surface area contributed by atoms with Gasteiger partial charge in [-0.15, -0.1) is 11.3 Å². The molecule has 0 aliphatic rings. The lowest BCUT2D eigenvalue weighted by Crippen LogP contribution is -1.76. The lowest BCUT2D eigenvalue weighted by atomic mass is 10.2. The average Bonchev–Trinajstić information content (AvgIpc) is 2.75. The molecule has 18 heavy (non-hydrogen) atoms. The highest BCUT2D eigenvalue weighted by molar-refractivity contribution is 7.21. The number of phenols is 1. The zero-order chi connectivity index (χ0) is 12.7. The summed E-state index contributed by atoms with van der Waals surface area (Å²) in [6, 6.07) is 11.4. The summed E-state index contributed by atoms with van der Waals surface area (Å²) in [4.78, 5) is 4.57. The fraction of sp³-hybridized carbons (Fsp3) is 0.0714. The first-order chi connectivity index (χ1) is 8.63. The van der Waals surface area contributed by atoms with Crippen LogP contribution in [0.25, 0.3) is 20.8 Å². The van der Waals surface area contributed by atoms with E-state index in [1.54, 1.807) is 23.5 Å². The van der Waals surface area contributed by atoms with Gasteiger partial charge >= 0.3 is 0 Å². The molecule has 0 fully saturated rings. The van der Waals surface area contributed by atoms with Crippen LogP contribution < -0.4 is 0 Å². The summed E-state index contributed by atoms with van der Waals surface area (Å²) in [5.74, 6) is 0.0948. The topological polar surface area (TPSA) is 33.1 Å². The van der Waals surface area contributed by atoms with Crippen LogP contribution in [0.4, 0.5) is 0 Å². The number of aromatic hydroxyl groups is 1. The number of hydrogen-bond donors (Lipinski definition) is 1. The first kappa shape index (κ1) is 11.5. The number of thiazole rings is 1. The molecule has 90 valence electrons. The van der Waals surface area contributed by atoms with Gasteiger partial charge in [-0.1, -0.05) is 17.7 Å². The van der Waals surface area contributed by atoms with E-state index in [-0.39, 0.29) is 5.75 Å². The van der Waals surface area contributed by atoms with Crippen LogP contribution in [-0.4, -0.2) is 10.1 Å². The van der Waals surface area contributed by atoms with Crippen molar-refractivity contribution in [1.82, 2.24) is 4.98 Å². The average molecular weight is 276 g/mol. The van der Waals surface area contributed by atoms with Crippen LogP contribution in [0.3, 0.4) is 0 Å². The highest BCUT2D eigenvalue weighted by Gasteiger charge is 2.08. The van der Waals surface area contributed by atoms with Crippen molar-refractivity contribution < 1.29 is 5.11 Å². The lowest BCUT2D eigenvalue weighted by Gasteiger charge is -1.98. The molecule has 3 rings (SSSR count). The first-order valence-electron chi connectivity index (χ1n) is 5.49. The molecule has 2 nitrogen and oxygen atoms in total. The molecule has 0 saturated heterocycles. The van der Waals surface area contributed by atoms with Crippen LogP contribution >= 0.6 is 22.9 Å². The quantitative estimate of drug-likeness (QED) is 0.702. The van der Waals surface area contributed by atoms with Gasteiger partial charge in [-0.2, -0.15) is 0 Å². The number of aromatic nitrogens is 1. The van der Waals surface area contributed by atoms with Crippen LogP contribution in [0.1, 0.15) is 5.56 Å². The highest BCUT2D eigenvalue weighted by atomic mass is 35.5. The second-order valence-corrected chi connectivity index (χ2v) is 5.59. The number of benzene rings is 2. The molecule has 0 saturated carbocycles. The van der Waals surface area contributed by atoms with Crippen LogP contribution in [0.15, 0.2) is 36.4 Å². The van der Waals surface area contributed by atoms with Crippen molar-refractivity contribution in [2.24, 2.45) is 0 Å². The van der Waals surface area contributed by atoms with Crippen molar-refractivity contribution in [2.45, 2.75) is 6.92 Å². The number of nitrogens with zero attached hydrogens (tertiary/aromatic N) is 1. The molecule has 0 spiro atoms. The van der Waals surface area contributed by atoms with Crippen LogP contribution in [-0.2, 0) is 0 Å². The monoisotopic (exact) mass is 275 g/mol. The minimum atomic E-state index is 0.0948. The van der Waals surface area contributed by atoms with Gasteiger partial charge in [0.1, 0.15) is 10.8 Å². The number of aryl methyl sites for hydroxylation is 1. The van der Waals surface area contributed by atoms with Gasteiger partial charge < -0.3 is 5.11 Å². The standard InChI is InChI=1S/C14H10ClNOS/c1-8-2-4-11-13(6-8)18-14(16-11)9-3-5-12(17)10(15)7-9/h2-7,17H,1H3. The molecule has 0 amide bonds. The van der Waals surface area contributed by atoms with E-state index in [0.717, 1.165) is 20.8 Å². The zero-order valence-corrected chi connectivity index (χ0v) is 11.2. The smallest absolute Gasteiger partial charge is 0.134 e. The van der Waals surface area contributed by atoms with E-state index in [0.29, 0.717) is 5.02 Å². The van der Waals surface area contributed by atoms with Gasteiger partial charge in [0.05, 0.1) is 15.2 Å². The Labute approximate surface area is 113 Å². The van der Waals surface area contributed by atoms with E-state index in [1.807, 2.05) is 12.1 Å². The van der Waals surface area contributed by atoms with Crippen molar-refractivity contribution in [3.63, 3.8) is 0 Å².